The number of rotatable bonds is 3. The number of hydrogen-bond donors (Lipinski definition) is 1. The average molecular weight is 423 g/mol. The molecule has 0 radical (unpaired) electrons. The van der Waals surface area contributed by atoms with Crippen LogP contribution in [-0.4, -0.2) is 63.6 Å². The van der Waals surface area contributed by atoms with E-state index < -0.39 is 10.0 Å². The second-order valence-electron chi connectivity index (χ2n) is 8.84. The van der Waals surface area contributed by atoms with Gasteiger partial charge in [0.25, 0.3) is 0 Å². The van der Waals surface area contributed by atoms with E-state index in [1.54, 1.807) is 0 Å². The zero-order valence-electron chi connectivity index (χ0n) is 17.5. The van der Waals surface area contributed by atoms with Crippen LogP contribution in [0.25, 0.3) is 0 Å². The van der Waals surface area contributed by atoms with E-state index in [1.165, 1.54) is 11.8 Å². The Balaban J connectivity index is 1.60. The SMILES string of the molecule is CCC1CN2CC[C@H](NS(C)(=O)=O)[C@@H]2CO[C@H]2CC[C@H](CC2)c2ccccc2O1. The molecule has 162 valence electrons. The van der Waals surface area contributed by atoms with Crippen molar-refractivity contribution in [2.75, 3.05) is 26.0 Å². The molecule has 0 spiro atoms. The van der Waals surface area contributed by atoms with E-state index in [1.807, 2.05) is 0 Å². The molecule has 1 saturated carbocycles. The summed E-state index contributed by atoms with van der Waals surface area (Å²) in [5, 5.41) is 0. The van der Waals surface area contributed by atoms with Gasteiger partial charge >= 0.3 is 0 Å². The maximum Gasteiger partial charge on any atom is 0.209 e. The molecule has 1 saturated heterocycles. The van der Waals surface area contributed by atoms with Crippen LogP contribution in [0.15, 0.2) is 24.3 Å². The maximum absolute atomic E-state index is 11.9. The van der Waals surface area contributed by atoms with E-state index >= 15 is 0 Å². The molecule has 4 aliphatic rings. The largest absolute Gasteiger partial charge is 0.489 e. The molecule has 1 unspecified atom stereocenters. The van der Waals surface area contributed by atoms with Crippen molar-refractivity contribution in [3.63, 3.8) is 0 Å². The van der Waals surface area contributed by atoms with Crippen molar-refractivity contribution >= 4 is 10.0 Å². The van der Waals surface area contributed by atoms with Gasteiger partial charge in [-0.2, -0.15) is 0 Å². The number of sulfonamides is 1. The molecule has 3 atom stereocenters. The maximum atomic E-state index is 11.9. The second kappa shape index (κ2) is 8.92. The molecule has 29 heavy (non-hydrogen) atoms. The summed E-state index contributed by atoms with van der Waals surface area (Å²) in [6, 6.07) is 8.45. The molecule has 1 aromatic carbocycles. The van der Waals surface area contributed by atoms with Crippen molar-refractivity contribution in [1.82, 2.24) is 9.62 Å². The molecule has 3 aliphatic heterocycles. The van der Waals surface area contributed by atoms with Gasteiger partial charge in [-0.1, -0.05) is 25.1 Å². The first-order chi connectivity index (χ1) is 13.9. The lowest BCUT2D eigenvalue weighted by atomic mass is 9.82. The zero-order chi connectivity index (χ0) is 20.4. The van der Waals surface area contributed by atoms with Crippen molar-refractivity contribution in [2.45, 2.75) is 75.7 Å². The number of hydrogen-bond acceptors (Lipinski definition) is 5. The van der Waals surface area contributed by atoms with Crippen molar-refractivity contribution in [3.8, 4) is 5.75 Å². The summed E-state index contributed by atoms with van der Waals surface area (Å²) < 4.78 is 39.5. The molecule has 3 heterocycles. The van der Waals surface area contributed by atoms with Crippen LogP contribution in [0.4, 0.5) is 0 Å². The van der Waals surface area contributed by atoms with Gasteiger partial charge in [0.15, 0.2) is 0 Å². The van der Waals surface area contributed by atoms with Crippen LogP contribution < -0.4 is 9.46 Å². The lowest BCUT2D eigenvalue weighted by Gasteiger charge is -2.32. The summed E-state index contributed by atoms with van der Waals surface area (Å²) in [5.41, 5.74) is 1.33. The number of ether oxygens (including phenoxy) is 2. The first-order valence-corrected chi connectivity index (χ1v) is 12.9. The predicted octanol–water partition coefficient (Wildman–Crippen LogP) is 2.89. The smallest absolute Gasteiger partial charge is 0.209 e. The van der Waals surface area contributed by atoms with Crippen molar-refractivity contribution in [2.24, 2.45) is 0 Å². The lowest BCUT2D eigenvalue weighted by Crippen LogP contribution is -2.49. The molecule has 0 amide bonds. The van der Waals surface area contributed by atoms with Crippen molar-refractivity contribution in [1.29, 1.82) is 0 Å². The number of para-hydroxylation sites is 1. The van der Waals surface area contributed by atoms with Gasteiger partial charge in [-0.3, -0.25) is 4.90 Å². The Hall–Kier alpha value is -1.15. The summed E-state index contributed by atoms with van der Waals surface area (Å²) >= 11 is 0. The van der Waals surface area contributed by atoms with Crippen molar-refractivity contribution in [3.05, 3.63) is 29.8 Å². The van der Waals surface area contributed by atoms with E-state index in [2.05, 4.69) is 40.8 Å². The lowest BCUT2D eigenvalue weighted by molar-refractivity contribution is -0.00971. The van der Waals surface area contributed by atoms with E-state index in [9.17, 15) is 8.42 Å². The van der Waals surface area contributed by atoms with E-state index in [0.29, 0.717) is 12.5 Å². The van der Waals surface area contributed by atoms with Gasteiger partial charge in [0.2, 0.25) is 10.0 Å². The van der Waals surface area contributed by atoms with Gasteiger partial charge in [0, 0.05) is 25.2 Å². The highest BCUT2D eigenvalue weighted by atomic mass is 32.2. The van der Waals surface area contributed by atoms with Gasteiger partial charge in [-0.25, -0.2) is 13.1 Å². The summed E-state index contributed by atoms with van der Waals surface area (Å²) in [7, 11) is -3.25. The molecule has 5 rings (SSSR count). The molecular weight excluding hydrogens is 388 g/mol. The molecule has 2 bridgehead atoms. The average Bonchev–Trinajstić information content (AvgIpc) is 3.06. The Labute approximate surface area is 175 Å². The van der Waals surface area contributed by atoms with Crippen LogP contribution in [0.3, 0.4) is 0 Å². The van der Waals surface area contributed by atoms with Crippen molar-refractivity contribution < 1.29 is 17.9 Å². The fourth-order valence-electron chi connectivity index (χ4n) is 5.17. The molecule has 0 aromatic heterocycles. The van der Waals surface area contributed by atoms with Gasteiger partial charge in [-0.15, -0.1) is 0 Å². The van der Waals surface area contributed by atoms with Gasteiger partial charge in [0.05, 0.1) is 19.0 Å². The standard InChI is InChI=1S/C22H34N2O4S/c1-3-17-14-24-13-12-20(23-29(2,25)26)21(24)15-27-18-10-8-16(9-11-18)19-6-4-5-7-22(19)28-17/h4-7,16-18,20-21,23H,3,8-15H2,1-2H3/t16-,17?,18+,20-,21-/m0/s1. The van der Waals surface area contributed by atoms with Gasteiger partial charge in [-0.05, 0) is 56.1 Å². The number of nitrogens with zero attached hydrogens (tertiary/aromatic N) is 1. The highest BCUT2D eigenvalue weighted by Crippen LogP contribution is 2.39. The Morgan fingerprint density at radius 2 is 1.90 bits per heavy atom. The molecule has 2 fully saturated rings. The van der Waals surface area contributed by atoms with E-state index in [4.69, 9.17) is 9.47 Å². The van der Waals surface area contributed by atoms with Crippen LogP contribution in [0.5, 0.6) is 5.75 Å². The van der Waals surface area contributed by atoms with Crippen LogP contribution in [0.1, 0.15) is 56.9 Å². The van der Waals surface area contributed by atoms with Crippen LogP contribution in [-0.2, 0) is 14.8 Å². The number of fused-ring (bicyclic) bond motifs is 5. The summed E-state index contributed by atoms with van der Waals surface area (Å²) in [5.74, 6) is 1.55. The molecule has 1 aromatic rings. The van der Waals surface area contributed by atoms with Gasteiger partial charge in [0.1, 0.15) is 11.9 Å². The summed E-state index contributed by atoms with van der Waals surface area (Å²) in [6.45, 7) is 4.38. The number of nitrogens with one attached hydrogen (secondary N) is 1. The Kier molecular flexibility index (Phi) is 6.49. The highest BCUT2D eigenvalue weighted by molar-refractivity contribution is 7.88. The normalized spacial score (nSPS) is 33.7. The molecule has 7 heteroatoms. The van der Waals surface area contributed by atoms with E-state index in [-0.39, 0.29) is 24.3 Å². The minimum atomic E-state index is -3.25. The third kappa shape index (κ3) is 5.13. The van der Waals surface area contributed by atoms with Crippen LogP contribution in [0, 0.1) is 0 Å². The third-order valence-electron chi connectivity index (χ3n) is 6.75. The Morgan fingerprint density at radius 1 is 1.14 bits per heavy atom. The Bertz CT molecular complexity index is 792. The topological polar surface area (TPSA) is 67.9 Å². The fraction of sp³-hybridized carbons (Fsp3) is 0.727. The minimum absolute atomic E-state index is 0.0519. The highest BCUT2D eigenvalue weighted by Gasteiger charge is 2.38. The summed E-state index contributed by atoms with van der Waals surface area (Å²) in [4.78, 5) is 2.37. The predicted molar refractivity (Wildman–Crippen MR) is 114 cm³/mol. The monoisotopic (exact) mass is 422 g/mol. The third-order valence-corrected chi connectivity index (χ3v) is 7.48. The minimum Gasteiger partial charge on any atom is -0.489 e. The molecular formula is C22H34N2O4S. The van der Waals surface area contributed by atoms with E-state index in [0.717, 1.165) is 57.4 Å². The van der Waals surface area contributed by atoms with Crippen LogP contribution in [0.2, 0.25) is 0 Å². The quantitative estimate of drug-likeness (QED) is 0.811. The molecule has 6 nitrogen and oxygen atoms in total. The zero-order valence-corrected chi connectivity index (χ0v) is 18.4. The summed E-state index contributed by atoms with van der Waals surface area (Å²) in [6.07, 6.45) is 7.63. The first kappa shape index (κ1) is 21.1. The fourth-order valence-corrected chi connectivity index (χ4v) is 5.99. The first-order valence-electron chi connectivity index (χ1n) is 11.0. The number of benzene rings is 1. The molecule has 1 N–H and O–H groups in total. The second-order valence-corrected chi connectivity index (χ2v) is 10.6. The molecule has 1 aliphatic carbocycles. The van der Waals surface area contributed by atoms with Gasteiger partial charge < -0.3 is 9.47 Å². The Morgan fingerprint density at radius 3 is 2.62 bits per heavy atom. The van der Waals surface area contributed by atoms with Crippen LogP contribution >= 0.6 is 0 Å².